The van der Waals surface area contributed by atoms with E-state index in [1.54, 1.807) is 43.3 Å². The maximum absolute atomic E-state index is 12.9. The molecule has 2 aromatic carbocycles. The second-order valence-electron chi connectivity index (χ2n) is 6.24. The molecule has 28 heavy (non-hydrogen) atoms. The molecule has 0 aromatic heterocycles. The van der Waals surface area contributed by atoms with Crippen LogP contribution in [0.25, 0.3) is 0 Å². The number of amides is 2. The molecule has 0 bridgehead atoms. The molecule has 2 amide bonds. The summed E-state index contributed by atoms with van der Waals surface area (Å²) in [7, 11) is 0. The molecule has 0 aliphatic carbocycles. The number of hydrogen-bond donors (Lipinski definition) is 0. The average molecular weight is 402 g/mol. The van der Waals surface area contributed by atoms with E-state index in [9.17, 15) is 14.4 Å². The number of hydrogen-bond acceptors (Lipinski definition) is 5. The molecule has 0 N–H and O–H groups in total. The second kappa shape index (κ2) is 8.44. The molecule has 146 valence electrons. The van der Waals surface area contributed by atoms with Crippen LogP contribution in [0.4, 0.5) is 0 Å². The molecule has 6 nitrogen and oxygen atoms in total. The van der Waals surface area contributed by atoms with Crippen molar-refractivity contribution >= 4 is 29.2 Å². The zero-order valence-electron chi connectivity index (χ0n) is 15.6. The summed E-state index contributed by atoms with van der Waals surface area (Å²) in [6.45, 7) is 3.67. The van der Waals surface area contributed by atoms with Crippen molar-refractivity contribution in [3.05, 3.63) is 58.6 Å². The molecule has 0 unspecified atom stereocenters. The SMILES string of the molecule is CCOc1ccc(C(=O)CN2C(=O)c3ccccc3O[C@H](CC)C2=O)cc1Cl. The van der Waals surface area contributed by atoms with Crippen molar-refractivity contribution in [1.29, 1.82) is 0 Å². The summed E-state index contributed by atoms with van der Waals surface area (Å²) < 4.78 is 11.1. The van der Waals surface area contributed by atoms with Gasteiger partial charge in [0.05, 0.1) is 23.7 Å². The fraction of sp³-hybridized carbons (Fsp3) is 0.286. The number of carbonyl (C=O) groups is 3. The Labute approximate surface area is 168 Å². The average Bonchev–Trinajstić information content (AvgIpc) is 2.79. The van der Waals surface area contributed by atoms with Gasteiger partial charge in [-0.3, -0.25) is 19.3 Å². The van der Waals surface area contributed by atoms with Gasteiger partial charge < -0.3 is 9.47 Å². The van der Waals surface area contributed by atoms with Crippen LogP contribution in [0.1, 0.15) is 41.0 Å². The van der Waals surface area contributed by atoms with Crippen molar-refractivity contribution < 1.29 is 23.9 Å². The van der Waals surface area contributed by atoms with Gasteiger partial charge in [0, 0.05) is 5.56 Å². The first-order valence-electron chi connectivity index (χ1n) is 9.03. The molecule has 2 aromatic rings. The van der Waals surface area contributed by atoms with Crippen LogP contribution in [-0.4, -0.2) is 41.8 Å². The van der Waals surface area contributed by atoms with Crippen LogP contribution in [0.5, 0.6) is 11.5 Å². The Hall–Kier alpha value is -2.86. The highest BCUT2D eigenvalue weighted by Crippen LogP contribution is 2.28. The summed E-state index contributed by atoms with van der Waals surface area (Å²) in [5.74, 6) is -0.681. The highest BCUT2D eigenvalue weighted by molar-refractivity contribution is 6.32. The molecule has 0 spiro atoms. The van der Waals surface area contributed by atoms with E-state index < -0.39 is 30.2 Å². The zero-order valence-corrected chi connectivity index (χ0v) is 16.4. The third-order valence-electron chi connectivity index (χ3n) is 4.40. The molecule has 0 saturated heterocycles. The molecule has 1 aliphatic heterocycles. The zero-order chi connectivity index (χ0) is 20.3. The third-order valence-corrected chi connectivity index (χ3v) is 4.69. The fourth-order valence-corrected chi connectivity index (χ4v) is 3.19. The van der Waals surface area contributed by atoms with Gasteiger partial charge in [0.15, 0.2) is 11.9 Å². The monoisotopic (exact) mass is 401 g/mol. The number of benzene rings is 2. The number of halogens is 1. The largest absolute Gasteiger partial charge is 0.492 e. The lowest BCUT2D eigenvalue weighted by atomic mass is 10.1. The quantitative estimate of drug-likeness (QED) is 0.544. The van der Waals surface area contributed by atoms with Gasteiger partial charge in [-0.15, -0.1) is 0 Å². The van der Waals surface area contributed by atoms with Crippen molar-refractivity contribution in [2.45, 2.75) is 26.4 Å². The number of para-hydroxylation sites is 1. The van der Waals surface area contributed by atoms with E-state index in [-0.39, 0.29) is 5.56 Å². The Kier molecular flexibility index (Phi) is 5.99. The maximum Gasteiger partial charge on any atom is 0.270 e. The summed E-state index contributed by atoms with van der Waals surface area (Å²) in [5, 5.41) is 0.293. The van der Waals surface area contributed by atoms with Crippen molar-refractivity contribution in [2.75, 3.05) is 13.2 Å². The molecule has 3 rings (SSSR count). The molecule has 0 fully saturated rings. The fourth-order valence-electron chi connectivity index (χ4n) is 2.96. The van der Waals surface area contributed by atoms with Crippen molar-refractivity contribution in [3.8, 4) is 11.5 Å². The minimum Gasteiger partial charge on any atom is -0.492 e. The van der Waals surface area contributed by atoms with Gasteiger partial charge in [-0.1, -0.05) is 30.7 Å². The van der Waals surface area contributed by atoms with Crippen molar-refractivity contribution in [1.82, 2.24) is 4.90 Å². The molecule has 7 heteroatoms. The predicted octanol–water partition coefficient (Wildman–Crippen LogP) is 3.76. The van der Waals surface area contributed by atoms with Crippen molar-refractivity contribution in [3.63, 3.8) is 0 Å². The Morgan fingerprint density at radius 3 is 2.61 bits per heavy atom. The standard InChI is InChI=1S/C21H20ClNO5/c1-3-17-21(26)23(20(25)14-7-5-6-8-18(14)28-17)12-16(24)13-9-10-19(27-4-2)15(22)11-13/h5-11,17H,3-4,12H2,1-2H3/t17-/m1/s1. The van der Waals surface area contributed by atoms with Crippen LogP contribution in [-0.2, 0) is 4.79 Å². The molecular formula is C21H20ClNO5. The van der Waals surface area contributed by atoms with Gasteiger partial charge in [-0.25, -0.2) is 0 Å². The van der Waals surface area contributed by atoms with Gasteiger partial charge in [-0.2, -0.15) is 0 Å². The van der Waals surface area contributed by atoms with Gasteiger partial charge in [0.2, 0.25) is 0 Å². The number of carbonyl (C=O) groups excluding carboxylic acids is 3. The topological polar surface area (TPSA) is 72.9 Å². The smallest absolute Gasteiger partial charge is 0.270 e. The maximum atomic E-state index is 12.9. The lowest BCUT2D eigenvalue weighted by molar-refractivity contribution is -0.135. The number of imide groups is 1. The van der Waals surface area contributed by atoms with E-state index in [0.717, 1.165) is 4.90 Å². The van der Waals surface area contributed by atoms with Gasteiger partial charge in [-0.05, 0) is 43.7 Å². The van der Waals surface area contributed by atoms with Gasteiger partial charge in [0.25, 0.3) is 11.8 Å². The van der Waals surface area contributed by atoms with Crippen LogP contribution in [0.3, 0.4) is 0 Å². The number of ether oxygens (including phenoxy) is 2. The molecule has 1 atom stereocenters. The third kappa shape index (κ3) is 3.87. The van der Waals surface area contributed by atoms with E-state index in [1.807, 2.05) is 6.92 Å². The minimum atomic E-state index is -0.829. The van der Waals surface area contributed by atoms with E-state index in [4.69, 9.17) is 21.1 Å². The number of fused-ring (bicyclic) bond motifs is 1. The first-order valence-corrected chi connectivity index (χ1v) is 9.41. The second-order valence-corrected chi connectivity index (χ2v) is 6.65. The predicted molar refractivity (Wildman–Crippen MR) is 104 cm³/mol. The lowest BCUT2D eigenvalue weighted by Gasteiger charge is -2.21. The lowest BCUT2D eigenvalue weighted by Crippen LogP contribution is -2.45. The summed E-state index contributed by atoms with van der Waals surface area (Å²) >= 11 is 6.15. The summed E-state index contributed by atoms with van der Waals surface area (Å²) in [6.07, 6.45) is -0.454. The molecule has 0 saturated carbocycles. The Morgan fingerprint density at radius 2 is 1.93 bits per heavy atom. The highest BCUT2D eigenvalue weighted by Gasteiger charge is 2.36. The Bertz CT molecular complexity index is 927. The first kappa shape index (κ1) is 19.9. The van der Waals surface area contributed by atoms with Gasteiger partial charge in [0.1, 0.15) is 11.5 Å². The van der Waals surface area contributed by atoms with E-state index in [1.165, 1.54) is 6.07 Å². The number of nitrogens with zero attached hydrogens (tertiary/aromatic N) is 1. The molecular weight excluding hydrogens is 382 g/mol. The summed E-state index contributed by atoms with van der Waals surface area (Å²) in [4.78, 5) is 39.4. The van der Waals surface area contributed by atoms with Crippen molar-refractivity contribution in [2.24, 2.45) is 0 Å². The van der Waals surface area contributed by atoms with Crippen LogP contribution < -0.4 is 9.47 Å². The van der Waals surface area contributed by atoms with Crippen LogP contribution in [0.2, 0.25) is 5.02 Å². The number of Topliss-reactive ketones (excluding diaryl/α,β-unsaturated/α-hetero) is 1. The number of ketones is 1. The minimum absolute atomic E-state index is 0.254. The molecule has 1 heterocycles. The van der Waals surface area contributed by atoms with Crippen LogP contribution in [0.15, 0.2) is 42.5 Å². The van der Waals surface area contributed by atoms with E-state index >= 15 is 0 Å². The van der Waals surface area contributed by atoms with Crippen LogP contribution >= 0.6 is 11.6 Å². The highest BCUT2D eigenvalue weighted by atomic mass is 35.5. The van der Waals surface area contributed by atoms with E-state index in [2.05, 4.69) is 0 Å². The molecule has 0 radical (unpaired) electrons. The number of rotatable bonds is 6. The summed E-state index contributed by atoms with van der Waals surface area (Å²) in [6, 6.07) is 11.3. The normalized spacial score (nSPS) is 16.2. The Balaban J connectivity index is 1.89. The first-order chi connectivity index (χ1) is 13.5. The van der Waals surface area contributed by atoms with Crippen LogP contribution in [0, 0.1) is 0 Å². The van der Waals surface area contributed by atoms with E-state index in [0.29, 0.717) is 35.1 Å². The Morgan fingerprint density at radius 1 is 1.18 bits per heavy atom. The van der Waals surface area contributed by atoms with Gasteiger partial charge >= 0.3 is 0 Å². The summed E-state index contributed by atoms with van der Waals surface area (Å²) in [5.41, 5.74) is 0.546. The molecule has 1 aliphatic rings.